The number of ether oxygens (including phenoxy) is 3. The van der Waals surface area contributed by atoms with Crippen LogP contribution in [0.25, 0.3) is 0 Å². The van der Waals surface area contributed by atoms with Gasteiger partial charge in [0.25, 0.3) is 5.91 Å². The molecule has 2 aromatic rings. The summed E-state index contributed by atoms with van der Waals surface area (Å²) < 4.78 is 50.5. The predicted octanol–water partition coefficient (Wildman–Crippen LogP) is 2.62. The molecule has 0 spiro atoms. The minimum absolute atomic E-state index is 0.112. The quantitative estimate of drug-likeness (QED) is 0.787. The number of methoxy groups -OCH3 is 3. The first-order chi connectivity index (χ1) is 11.8. The van der Waals surface area contributed by atoms with Crippen LogP contribution < -0.4 is 19.5 Å². The topological polar surface area (TPSA) is 90.9 Å². The third-order valence-corrected chi connectivity index (χ3v) is 4.14. The maximum atomic E-state index is 13.1. The Kier molecular flexibility index (Phi) is 5.48. The van der Waals surface area contributed by atoms with Gasteiger partial charge in [-0.3, -0.25) is 4.79 Å². The fourth-order valence-electron chi connectivity index (χ4n) is 2.13. The van der Waals surface area contributed by atoms with Crippen LogP contribution in [-0.2, 0) is 10.2 Å². The fraction of sp³-hybridized carbons (Fsp3) is 0.188. The Labute approximate surface area is 144 Å². The zero-order valence-electron chi connectivity index (χ0n) is 13.7. The molecule has 0 fully saturated rings. The van der Waals surface area contributed by atoms with Gasteiger partial charge in [-0.25, -0.2) is 0 Å². The zero-order chi connectivity index (χ0) is 18.6. The minimum Gasteiger partial charge on any atom is -0.496 e. The van der Waals surface area contributed by atoms with Crippen LogP contribution in [0.5, 0.6) is 17.2 Å². The Hall–Kier alpha value is -2.81. The van der Waals surface area contributed by atoms with E-state index < -0.39 is 21.0 Å². The zero-order valence-corrected chi connectivity index (χ0v) is 14.5. The number of benzene rings is 2. The van der Waals surface area contributed by atoms with Gasteiger partial charge in [-0.2, -0.15) is 8.42 Å². The SMILES string of the molecule is COc1cc(OC)c(C(=O)Nc2cccc(S(=O)(=O)F)c2)cc1OC. The number of hydrogen-bond acceptors (Lipinski definition) is 6. The summed E-state index contributed by atoms with van der Waals surface area (Å²) in [6, 6.07) is 7.75. The Balaban J connectivity index is 2.38. The van der Waals surface area contributed by atoms with E-state index in [1.807, 2.05) is 0 Å². The molecule has 2 aromatic carbocycles. The highest BCUT2D eigenvalue weighted by Crippen LogP contribution is 2.35. The lowest BCUT2D eigenvalue weighted by Gasteiger charge is -2.14. The largest absolute Gasteiger partial charge is 0.496 e. The molecule has 0 saturated heterocycles. The van der Waals surface area contributed by atoms with Crippen LogP contribution in [-0.4, -0.2) is 35.7 Å². The van der Waals surface area contributed by atoms with Crippen molar-refractivity contribution >= 4 is 21.8 Å². The van der Waals surface area contributed by atoms with Gasteiger partial charge in [-0.1, -0.05) is 6.07 Å². The van der Waals surface area contributed by atoms with Crippen molar-refractivity contribution in [3.05, 3.63) is 42.0 Å². The van der Waals surface area contributed by atoms with Crippen LogP contribution in [0.4, 0.5) is 9.57 Å². The second-order valence-electron chi connectivity index (χ2n) is 4.83. The Bertz CT molecular complexity index is 897. The summed E-state index contributed by atoms with van der Waals surface area (Å²) in [6.45, 7) is 0. The summed E-state index contributed by atoms with van der Waals surface area (Å²) in [5, 5.41) is 2.49. The number of amides is 1. The van der Waals surface area contributed by atoms with Crippen LogP contribution >= 0.6 is 0 Å². The molecule has 0 bridgehead atoms. The number of carbonyl (C=O) groups is 1. The summed E-state index contributed by atoms with van der Waals surface area (Å²) in [7, 11) is -0.625. The summed E-state index contributed by atoms with van der Waals surface area (Å²) in [4.78, 5) is 11.9. The van der Waals surface area contributed by atoms with Gasteiger partial charge in [0, 0.05) is 17.8 Å². The van der Waals surface area contributed by atoms with Crippen molar-refractivity contribution in [3.63, 3.8) is 0 Å². The molecular weight excluding hydrogens is 353 g/mol. The lowest BCUT2D eigenvalue weighted by molar-refractivity contribution is 0.102. The van der Waals surface area contributed by atoms with E-state index in [-0.39, 0.29) is 17.0 Å². The molecule has 0 radical (unpaired) electrons. The lowest BCUT2D eigenvalue weighted by Crippen LogP contribution is -2.14. The molecule has 0 aliphatic heterocycles. The molecule has 9 heteroatoms. The van der Waals surface area contributed by atoms with E-state index in [4.69, 9.17) is 14.2 Å². The van der Waals surface area contributed by atoms with Gasteiger partial charge >= 0.3 is 10.2 Å². The van der Waals surface area contributed by atoms with Crippen molar-refractivity contribution in [3.8, 4) is 17.2 Å². The monoisotopic (exact) mass is 369 g/mol. The third-order valence-electron chi connectivity index (χ3n) is 3.32. The average Bonchev–Trinajstić information content (AvgIpc) is 2.59. The maximum Gasteiger partial charge on any atom is 0.332 e. The van der Waals surface area contributed by atoms with Gasteiger partial charge in [0.1, 0.15) is 10.6 Å². The lowest BCUT2D eigenvalue weighted by atomic mass is 10.1. The summed E-state index contributed by atoms with van der Waals surface area (Å²) in [5.74, 6) is 0.325. The van der Waals surface area contributed by atoms with Crippen molar-refractivity contribution < 1.29 is 31.3 Å². The van der Waals surface area contributed by atoms with Crippen LogP contribution in [0.2, 0.25) is 0 Å². The van der Waals surface area contributed by atoms with Gasteiger partial charge in [0.15, 0.2) is 11.5 Å². The number of rotatable bonds is 6. The highest BCUT2D eigenvalue weighted by molar-refractivity contribution is 7.86. The van der Waals surface area contributed by atoms with Crippen molar-refractivity contribution in [1.82, 2.24) is 0 Å². The van der Waals surface area contributed by atoms with Gasteiger partial charge in [-0.05, 0) is 18.2 Å². The first-order valence-corrected chi connectivity index (χ1v) is 8.34. The standard InChI is InChI=1S/C16H16FNO6S/c1-22-13-9-15(24-3)14(23-2)8-12(13)16(19)18-10-5-4-6-11(7-10)25(17,20)21/h4-9H,1-3H3,(H,18,19). The normalized spacial score (nSPS) is 10.9. The molecule has 0 unspecified atom stereocenters. The smallest absolute Gasteiger partial charge is 0.332 e. The average molecular weight is 369 g/mol. The van der Waals surface area contributed by atoms with Crippen molar-refractivity contribution in [2.24, 2.45) is 0 Å². The Morgan fingerprint density at radius 1 is 0.960 bits per heavy atom. The molecule has 0 aliphatic carbocycles. The molecule has 25 heavy (non-hydrogen) atoms. The summed E-state index contributed by atoms with van der Waals surface area (Å²) in [5.41, 5.74) is 0.245. The number of halogens is 1. The van der Waals surface area contributed by atoms with E-state index in [9.17, 15) is 17.1 Å². The van der Waals surface area contributed by atoms with E-state index in [2.05, 4.69) is 5.32 Å². The molecule has 7 nitrogen and oxygen atoms in total. The van der Waals surface area contributed by atoms with E-state index >= 15 is 0 Å². The van der Waals surface area contributed by atoms with E-state index in [0.29, 0.717) is 11.5 Å². The van der Waals surface area contributed by atoms with E-state index in [1.165, 1.54) is 45.6 Å². The van der Waals surface area contributed by atoms with Crippen LogP contribution in [0.15, 0.2) is 41.3 Å². The van der Waals surface area contributed by atoms with Crippen LogP contribution in [0, 0.1) is 0 Å². The number of carbonyl (C=O) groups excluding carboxylic acids is 1. The van der Waals surface area contributed by atoms with Crippen LogP contribution in [0.3, 0.4) is 0 Å². The highest BCUT2D eigenvalue weighted by atomic mass is 32.3. The van der Waals surface area contributed by atoms with Crippen LogP contribution in [0.1, 0.15) is 10.4 Å². The number of nitrogens with one attached hydrogen (secondary N) is 1. The molecule has 0 saturated carbocycles. The molecule has 0 heterocycles. The van der Waals surface area contributed by atoms with Gasteiger partial charge in [0.2, 0.25) is 0 Å². The van der Waals surface area contributed by atoms with Crippen molar-refractivity contribution in [2.45, 2.75) is 4.90 Å². The van der Waals surface area contributed by atoms with E-state index in [0.717, 1.165) is 12.1 Å². The first-order valence-electron chi connectivity index (χ1n) is 6.96. The Morgan fingerprint density at radius 2 is 1.56 bits per heavy atom. The number of anilines is 1. The maximum absolute atomic E-state index is 13.1. The third kappa shape index (κ3) is 4.18. The molecule has 1 N–H and O–H groups in total. The number of hydrogen-bond donors (Lipinski definition) is 1. The Morgan fingerprint density at radius 3 is 2.12 bits per heavy atom. The molecule has 134 valence electrons. The van der Waals surface area contributed by atoms with Crippen molar-refractivity contribution in [1.29, 1.82) is 0 Å². The van der Waals surface area contributed by atoms with Gasteiger partial charge in [-0.15, -0.1) is 3.89 Å². The first kappa shape index (κ1) is 18.5. The molecule has 0 aliphatic rings. The van der Waals surface area contributed by atoms with Gasteiger partial charge < -0.3 is 19.5 Å². The van der Waals surface area contributed by atoms with Crippen molar-refractivity contribution in [2.75, 3.05) is 26.6 Å². The molecule has 0 aromatic heterocycles. The minimum atomic E-state index is -4.87. The molecular formula is C16H16FNO6S. The second kappa shape index (κ2) is 7.39. The summed E-state index contributed by atoms with van der Waals surface area (Å²) in [6.07, 6.45) is 0. The van der Waals surface area contributed by atoms with E-state index in [1.54, 1.807) is 0 Å². The molecule has 1 amide bonds. The second-order valence-corrected chi connectivity index (χ2v) is 6.17. The fourth-order valence-corrected chi connectivity index (χ4v) is 2.64. The predicted molar refractivity (Wildman–Crippen MR) is 88.8 cm³/mol. The molecule has 2 rings (SSSR count). The van der Waals surface area contributed by atoms with Gasteiger partial charge in [0.05, 0.1) is 26.9 Å². The highest BCUT2D eigenvalue weighted by Gasteiger charge is 2.19. The molecule has 0 atom stereocenters. The summed E-state index contributed by atoms with van der Waals surface area (Å²) >= 11 is 0.